The van der Waals surface area contributed by atoms with E-state index in [1.807, 2.05) is 38.1 Å². The predicted octanol–water partition coefficient (Wildman–Crippen LogP) is 4.30. The summed E-state index contributed by atoms with van der Waals surface area (Å²) in [5, 5.41) is 2.90. The molecule has 0 heterocycles. The second-order valence-corrected chi connectivity index (χ2v) is 7.78. The lowest BCUT2D eigenvalue weighted by molar-refractivity contribution is -0.142. The zero-order valence-electron chi connectivity index (χ0n) is 16.8. The van der Waals surface area contributed by atoms with Crippen molar-refractivity contribution in [3.63, 3.8) is 0 Å². The first-order chi connectivity index (χ1) is 13.8. The number of rotatable bonds is 9. The van der Waals surface area contributed by atoms with E-state index in [9.17, 15) is 14.0 Å². The van der Waals surface area contributed by atoms with Crippen molar-refractivity contribution in [1.29, 1.82) is 0 Å². The Hall–Kier alpha value is -2.41. The highest BCUT2D eigenvalue weighted by Crippen LogP contribution is 2.18. The molecule has 0 aliphatic rings. The van der Waals surface area contributed by atoms with Gasteiger partial charge >= 0.3 is 0 Å². The smallest absolute Gasteiger partial charge is 0.261 e. The zero-order chi connectivity index (χ0) is 21.4. The molecule has 0 saturated heterocycles. The predicted molar refractivity (Wildman–Crippen MR) is 114 cm³/mol. The molecule has 1 N–H and O–H groups in total. The second-order valence-electron chi connectivity index (χ2n) is 6.86. The van der Waals surface area contributed by atoms with Gasteiger partial charge in [0.1, 0.15) is 6.04 Å². The molecule has 0 aliphatic carbocycles. The quantitative estimate of drug-likeness (QED) is 0.601. The van der Waals surface area contributed by atoms with Crippen molar-refractivity contribution >= 4 is 27.7 Å². The standard InChI is InChI=1S/C22H26BrFN2O3/c1-4-15(2)25-22(28)16(3)26(13-17-8-7-9-18(23)12-17)21(27)14-29-20-11-6-5-10-19(20)24/h5-12,15-16H,4,13-14H2,1-3H3,(H,25,28)/t15-,16-/m0/s1. The number of hydrogen-bond donors (Lipinski definition) is 1. The molecule has 0 aromatic heterocycles. The number of halogens is 2. The van der Waals surface area contributed by atoms with Crippen LogP contribution in [0.5, 0.6) is 5.75 Å². The molecule has 29 heavy (non-hydrogen) atoms. The number of hydrogen-bond acceptors (Lipinski definition) is 3. The first-order valence-electron chi connectivity index (χ1n) is 9.53. The maximum atomic E-state index is 13.8. The number of nitrogens with zero attached hydrogens (tertiary/aromatic N) is 1. The Labute approximate surface area is 179 Å². The van der Waals surface area contributed by atoms with Crippen LogP contribution < -0.4 is 10.1 Å². The zero-order valence-corrected chi connectivity index (χ0v) is 18.4. The molecule has 2 rings (SSSR count). The summed E-state index contributed by atoms with van der Waals surface area (Å²) < 4.78 is 20.0. The Bertz CT molecular complexity index is 846. The minimum Gasteiger partial charge on any atom is -0.481 e. The van der Waals surface area contributed by atoms with Crippen molar-refractivity contribution < 1.29 is 18.7 Å². The number of carbonyl (C=O) groups excluding carboxylic acids is 2. The van der Waals surface area contributed by atoms with Crippen molar-refractivity contribution in [3.05, 3.63) is 64.4 Å². The molecule has 0 fully saturated rings. The van der Waals surface area contributed by atoms with Crippen molar-refractivity contribution in [3.8, 4) is 5.75 Å². The molecule has 5 nitrogen and oxygen atoms in total. The summed E-state index contributed by atoms with van der Waals surface area (Å²) in [5.74, 6) is -1.19. The minimum absolute atomic E-state index is 0.0000321. The Morgan fingerprint density at radius 2 is 1.90 bits per heavy atom. The van der Waals surface area contributed by atoms with Gasteiger partial charge in [-0.2, -0.15) is 0 Å². The maximum absolute atomic E-state index is 13.8. The van der Waals surface area contributed by atoms with E-state index in [0.29, 0.717) is 0 Å². The number of carbonyl (C=O) groups is 2. The van der Waals surface area contributed by atoms with E-state index >= 15 is 0 Å². The van der Waals surface area contributed by atoms with Gasteiger partial charge in [0.15, 0.2) is 18.2 Å². The van der Waals surface area contributed by atoms with Crippen molar-refractivity contribution in [2.75, 3.05) is 6.61 Å². The summed E-state index contributed by atoms with van der Waals surface area (Å²) in [6.07, 6.45) is 0.786. The molecule has 0 unspecified atom stereocenters. The van der Waals surface area contributed by atoms with Gasteiger partial charge in [-0.3, -0.25) is 9.59 Å². The molecule has 2 amide bonds. The van der Waals surface area contributed by atoms with Gasteiger partial charge < -0.3 is 15.0 Å². The van der Waals surface area contributed by atoms with Crippen LogP contribution >= 0.6 is 15.9 Å². The second kappa shape index (κ2) is 11.0. The Morgan fingerprint density at radius 3 is 2.55 bits per heavy atom. The lowest BCUT2D eigenvalue weighted by Gasteiger charge is -2.29. The van der Waals surface area contributed by atoms with Crippen LogP contribution in [0.15, 0.2) is 53.0 Å². The molecule has 156 valence electrons. The van der Waals surface area contributed by atoms with E-state index in [-0.39, 0.29) is 30.9 Å². The fourth-order valence-corrected chi connectivity index (χ4v) is 3.11. The molecule has 7 heteroatoms. The summed E-state index contributed by atoms with van der Waals surface area (Å²) >= 11 is 3.42. The van der Waals surface area contributed by atoms with Crippen LogP contribution in [0.3, 0.4) is 0 Å². The third-order valence-corrected chi connectivity index (χ3v) is 5.09. The SMILES string of the molecule is CC[C@H](C)NC(=O)[C@H](C)N(Cc1cccc(Br)c1)C(=O)COc1ccccc1F. The monoisotopic (exact) mass is 464 g/mol. The molecule has 2 atom stereocenters. The third-order valence-electron chi connectivity index (χ3n) is 4.60. The summed E-state index contributed by atoms with van der Waals surface area (Å²) in [7, 11) is 0. The number of amides is 2. The van der Waals surface area contributed by atoms with E-state index in [1.54, 1.807) is 19.1 Å². The highest BCUT2D eigenvalue weighted by Gasteiger charge is 2.27. The molecule has 0 spiro atoms. The number of benzene rings is 2. The van der Waals surface area contributed by atoms with Crippen LogP contribution in [0.4, 0.5) is 4.39 Å². The van der Waals surface area contributed by atoms with E-state index in [2.05, 4.69) is 21.2 Å². The van der Waals surface area contributed by atoms with E-state index in [1.165, 1.54) is 17.0 Å². The van der Waals surface area contributed by atoms with E-state index < -0.39 is 17.8 Å². The Kier molecular flexibility index (Phi) is 8.64. The summed E-state index contributed by atoms with van der Waals surface area (Å²) in [5.41, 5.74) is 0.863. The molecule has 0 radical (unpaired) electrons. The Balaban J connectivity index is 2.17. The van der Waals surface area contributed by atoms with Gasteiger partial charge in [0.05, 0.1) is 0 Å². The average molecular weight is 465 g/mol. The molecule has 0 saturated carbocycles. The summed E-state index contributed by atoms with van der Waals surface area (Å²) in [6, 6.07) is 12.7. The van der Waals surface area contributed by atoms with Crippen LogP contribution in [0.25, 0.3) is 0 Å². The average Bonchev–Trinajstić information content (AvgIpc) is 2.70. The largest absolute Gasteiger partial charge is 0.481 e. The van der Waals surface area contributed by atoms with Crippen LogP contribution in [0.2, 0.25) is 0 Å². The number of nitrogens with one attached hydrogen (secondary N) is 1. The molecular formula is C22H26BrFN2O3. The van der Waals surface area contributed by atoms with Gasteiger partial charge in [0.25, 0.3) is 5.91 Å². The van der Waals surface area contributed by atoms with Gasteiger partial charge in [-0.15, -0.1) is 0 Å². The summed E-state index contributed by atoms with van der Waals surface area (Å²) in [4.78, 5) is 27.0. The lowest BCUT2D eigenvalue weighted by Crippen LogP contribution is -2.50. The molecule has 2 aromatic carbocycles. The Morgan fingerprint density at radius 1 is 1.17 bits per heavy atom. The van der Waals surface area contributed by atoms with Gasteiger partial charge in [-0.05, 0) is 50.1 Å². The molecular weight excluding hydrogens is 439 g/mol. The van der Waals surface area contributed by atoms with Gasteiger partial charge in [-0.25, -0.2) is 4.39 Å². The summed E-state index contributed by atoms with van der Waals surface area (Å²) in [6.45, 7) is 5.43. The van der Waals surface area contributed by atoms with E-state index in [4.69, 9.17) is 4.74 Å². The maximum Gasteiger partial charge on any atom is 0.261 e. The van der Waals surface area contributed by atoms with Gasteiger partial charge in [0.2, 0.25) is 5.91 Å². The number of para-hydroxylation sites is 1. The highest BCUT2D eigenvalue weighted by atomic mass is 79.9. The lowest BCUT2D eigenvalue weighted by atomic mass is 10.1. The van der Waals surface area contributed by atoms with Crippen molar-refractivity contribution in [2.45, 2.75) is 45.8 Å². The van der Waals surface area contributed by atoms with Gasteiger partial charge in [-0.1, -0.05) is 47.1 Å². The van der Waals surface area contributed by atoms with Gasteiger partial charge in [0, 0.05) is 17.1 Å². The first kappa shape index (κ1) is 22.9. The molecule has 2 aromatic rings. The minimum atomic E-state index is -0.709. The fraction of sp³-hybridized carbons (Fsp3) is 0.364. The van der Waals surface area contributed by atoms with Crippen molar-refractivity contribution in [2.24, 2.45) is 0 Å². The van der Waals surface area contributed by atoms with Crippen LogP contribution in [0.1, 0.15) is 32.8 Å². The highest BCUT2D eigenvalue weighted by molar-refractivity contribution is 9.10. The van der Waals surface area contributed by atoms with Crippen molar-refractivity contribution in [1.82, 2.24) is 10.2 Å². The third kappa shape index (κ3) is 6.85. The molecule has 0 bridgehead atoms. The first-order valence-corrected chi connectivity index (χ1v) is 10.3. The van der Waals surface area contributed by atoms with E-state index in [0.717, 1.165) is 16.5 Å². The molecule has 0 aliphatic heterocycles. The van der Waals surface area contributed by atoms with Crippen LogP contribution in [-0.4, -0.2) is 35.4 Å². The number of ether oxygens (including phenoxy) is 1. The normalized spacial score (nSPS) is 12.7. The topological polar surface area (TPSA) is 58.6 Å². The fourth-order valence-electron chi connectivity index (χ4n) is 2.66. The van der Waals surface area contributed by atoms with Crippen LogP contribution in [-0.2, 0) is 16.1 Å². The van der Waals surface area contributed by atoms with Crippen LogP contribution in [0, 0.1) is 5.82 Å².